The van der Waals surface area contributed by atoms with E-state index < -0.39 is 6.16 Å². The predicted molar refractivity (Wildman–Crippen MR) is 167 cm³/mol. The molecule has 0 bridgehead atoms. The molecule has 0 rings (SSSR count). The van der Waals surface area contributed by atoms with Crippen LogP contribution in [0.2, 0.25) is 0 Å². The van der Waals surface area contributed by atoms with Crippen LogP contribution in [0.3, 0.4) is 0 Å². The Labute approximate surface area is 240 Å². The number of rotatable bonds is 30. The highest BCUT2D eigenvalue weighted by molar-refractivity contribution is 5.60. The minimum absolute atomic E-state index is 0.0428. The third-order valence-corrected chi connectivity index (χ3v) is 8.02. The van der Waals surface area contributed by atoms with Crippen LogP contribution in [0.1, 0.15) is 207 Å². The minimum atomic E-state index is -0.477. The first-order valence-electron chi connectivity index (χ1n) is 17.5. The summed E-state index contributed by atoms with van der Waals surface area (Å²) in [4.78, 5) is 12.1. The molecule has 0 radical (unpaired) electrons. The Morgan fingerprint density at radius 3 is 0.842 bits per heavy atom. The monoisotopic (exact) mass is 539 g/mol. The standard InChI is InChI=1S/C35H70O3/c1-5-7-9-11-13-15-17-19-21-23-25-27-29-31-33(3)37-35(36)38-34(4)32-30-28-26-24-22-20-18-16-14-12-10-8-6-2/h33-34H,5-32H2,1-4H3. The number of carbonyl (C=O) groups excluding carboxylic acids is 1. The van der Waals surface area contributed by atoms with Gasteiger partial charge in [-0.05, 0) is 39.5 Å². The molecule has 0 aliphatic heterocycles. The summed E-state index contributed by atoms with van der Waals surface area (Å²) >= 11 is 0. The summed E-state index contributed by atoms with van der Waals surface area (Å²) in [6, 6.07) is 0. The SMILES string of the molecule is CCCCCCCCCCCCCCCC(C)OC(=O)OC(C)CCCCCCCCCCCCCCC. The van der Waals surface area contributed by atoms with Crippen molar-refractivity contribution >= 4 is 6.16 Å². The normalized spacial score (nSPS) is 12.9. The summed E-state index contributed by atoms with van der Waals surface area (Å²) < 4.78 is 11.0. The number of hydrogen-bond donors (Lipinski definition) is 0. The first-order chi connectivity index (χ1) is 18.6. The summed E-state index contributed by atoms with van der Waals surface area (Å²) in [6.45, 7) is 8.56. The maximum Gasteiger partial charge on any atom is 0.508 e. The molecule has 0 saturated carbocycles. The quantitative estimate of drug-likeness (QED) is 0.0673. The lowest BCUT2D eigenvalue weighted by molar-refractivity contribution is 0.00263. The topological polar surface area (TPSA) is 35.5 Å². The van der Waals surface area contributed by atoms with E-state index in [1.807, 2.05) is 13.8 Å². The van der Waals surface area contributed by atoms with Crippen LogP contribution in [0, 0.1) is 0 Å². The van der Waals surface area contributed by atoms with Gasteiger partial charge in [0, 0.05) is 0 Å². The molecule has 0 fully saturated rings. The van der Waals surface area contributed by atoms with Gasteiger partial charge >= 0.3 is 6.16 Å². The lowest BCUT2D eigenvalue weighted by atomic mass is 10.0. The van der Waals surface area contributed by atoms with Gasteiger partial charge in [0.25, 0.3) is 0 Å². The van der Waals surface area contributed by atoms with Crippen molar-refractivity contribution in [2.24, 2.45) is 0 Å². The van der Waals surface area contributed by atoms with Gasteiger partial charge in [0.15, 0.2) is 0 Å². The fourth-order valence-corrected chi connectivity index (χ4v) is 5.37. The molecule has 0 saturated heterocycles. The molecule has 0 amide bonds. The zero-order chi connectivity index (χ0) is 27.9. The molecular formula is C35H70O3. The average Bonchev–Trinajstić information content (AvgIpc) is 2.89. The van der Waals surface area contributed by atoms with Crippen molar-refractivity contribution in [3.05, 3.63) is 0 Å². The molecule has 3 heteroatoms. The highest BCUT2D eigenvalue weighted by atomic mass is 16.7. The van der Waals surface area contributed by atoms with Gasteiger partial charge in [-0.3, -0.25) is 0 Å². The zero-order valence-corrected chi connectivity index (χ0v) is 26.7. The Bertz CT molecular complexity index is 424. The van der Waals surface area contributed by atoms with Crippen LogP contribution in [0.25, 0.3) is 0 Å². The molecule has 0 aromatic carbocycles. The molecule has 0 spiro atoms. The van der Waals surface area contributed by atoms with Gasteiger partial charge in [0.05, 0.1) is 0 Å². The van der Waals surface area contributed by atoms with Gasteiger partial charge in [-0.25, -0.2) is 4.79 Å². The maximum absolute atomic E-state index is 12.1. The number of carbonyl (C=O) groups is 1. The second-order valence-corrected chi connectivity index (χ2v) is 12.2. The largest absolute Gasteiger partial charge is 0.508 e. The molecule has 0 aliphatic carbocycles. The van der Waals surface area contributed by atoms with Gasteiger partial charge in [-0.15, -0.1) is 0 Å². The summed E-state index contributed by atoms with van der Waals surface area (Å²) in [5, 5.41) is 0. The molecule has 0 aromatic rings. The Morgan fingerprint density at radius 1 is 0.395 bits per heavy atom. The Balaban J connectivity index is 3.41. The van der Waals surface area contributed by atoms with Crippen molar-refractivity contribution in [3.8, 4) is 0 Å². The molecule has 0 heterocycles. The average molecular weight is 539 g/mol. The van der Waals surface area contributed by atoms with E-state index in [-0.39, 0.29) is 12.2 Å². The van der Waals surface area contributed by atoms with Crippen molar-refractivity contribution in [2.45, 2.75) is 220 Å². The molecule has 2 atom stereocenters. The Morgan fingerprint density at radius 2 is 0.605 bits per heavy atom. The highest BCUT2D eigenvalue weighted by Gasteiger charge is 2.14. The van der Waals surface area contributed by atoms with E-state index in [2.05, 4.69) is 13.8 Å². The van der Waals surface area contributed by atoms with Crippen LogP contribution in [0.4, 0.5) is 4.79 Å². The van der Waals surface area contributed by atoms with Crippen molar-refractivity contribution in [2.75, 3.05) is 0 Å². The van der Waals surface area contributed by atoms with E-state index in [4.69, 9.17) is 9.47 Å². The van der Waals surface area contributed by atoms with Gasteiger partial charge in [-0.1, -0.05) is 168 Å². The van der Waals surface area contributed by atoms with E-state index in [1.54, 1.807) is 0 Å². The summed E-state index contributed by atoms with van der Waals surface area (Å²) in [5.74, 6) is 0. The van der Waals surface area contributed by atoms with Crippen LogP contribution >= 0.6 is 0 Å². The highest BCUT2D eigenvalue weighted by Crippen LogP contribution is 2.16. The maximum atomic E-state index is 12.1. The number of unbranched alkanes of at least 4 members (excludes halogenated alkanes) is 24. The van der Waals surface area contributed by atoms with Crippen LogP contribution in [0.5, 0.6) is 0 Å². The van der Waals surface area contributed by atoms with Crippen LogP contribution in [0.15, 0.2) is 0 Å². The number of hydrogen-bond acceptors (Lipinski definition) is 3. The molecule has 0 N–H and O–H groups in total. The molecule has 2 unspecified atom stereocenters. The van der Waals surface area contributed by atoms with Crippen molar-refractivity contribution < 1.29 is 14.3 Å². The van der Waals surface area contributed by atoms with Crippen molar-refractivity contribution in [1.29, 1.82) is 0 Å². The number of ether oxygens (including phenoxy) is 2. The van der Waals surface area contributed by atoms with E-state index in [0.29, 0.717) is 0 Å². The van der Waals surface area contributed by atoms with Crippen molar-refractivity contribution in [1.82, 2.24) is 0 Å². The lowest BCUT2D eigenvalue weighted by Gasteiger charge is -2.16. The van der Waals surface area contributed by atoms with Gasteiger partial charge in [0.1, 0.15) is 12.2 Å². The van der Waals surface area contributed by atoms with E-state index in [9.17, 15) is 4.79 Å². The predicted octanol–water partition coefficient (Wildman–Crippen LogP) is 12.9. The second kappa shape index (κ2) is 30.8. The zero-order valence-electron chi connectivity index (χ0n) is 26.7. The first kappa shape index (κ1) is 37.3. The molecule has 3 nitrogen and oxygen atoms in total. The fourth-order valence-electron chi connectivity index (χ4n) is 5.37. The summed E-state index contributed by atoms with van der Waals surface area (Å²) in [5.41, 5.74) is 0. The van der Waals surface area contributed by atoms with Crippen molar-refractivity contribution in [3.63, 3.8) is 0 Å². The molecule has 38 heavy (non-hydrogen) atoms. The molecule has 0 aliphatic rings. The van der Waals surface area contributed by atoms with Crippen LogP contribution < -0.4 is 0 Å². The van der Waals surface area contributed by atoms with E-state index in [1.165, 1.54) is 154 Å². The van der Waals surface area contributed by atoms with Gasteiger partial charge < -0.3 is 9.47 Å². The third-order valence-electron chi connectivity index (χ3n) is 8.02. The van der Waals surface area contributed by atoms with E-state index >= 15 is 0 Å². The Kier molecular flexibility index (Phi) is 30.2. The van der Waals surface area contributed by atoms with Gasteiger partial charge in [0.2, 0.25) is 0 Å². The third kappa shape index (κ3) is 29.8. The lowest BCUT2D eigenvalue weighted by Crippen LogP contribution is -2.20. The summed E-state index contributed by atoms with van der Waals surface area (Å²) in [6.07, 6.45) is 36.7. The van der Waals surface area contributed by atoms with Crippen LogP contribution in [-0.4, -0.2) is 18.4 Å². The molecular weight excluding hydrogens is 468 g/mol. The molecule has 228 valence electrons. The smallest absolute Gasteiger partial charge is 0.431 e. The fraction of sp³-hybridized carbons (Fsp3) is 0.971. The van der Waals surface area contributed by atoms with Crippen LogP contribution in [-0.2, 0) is 9.47 Å². The second-order valence-electron chi connectivity index (χ2n) is 12.2. The first-order valence-corrected chi connectivity index (χ1v) is 17.5. The summed E-state index contributed by atoms with van der Waals surface area (Å²) in [7, 11) is 0. The Hall–Kier alpha value is -0.730. The van der Waals surface area contributed by atoms with E-state index in [0.717, 1.165) is 25.7 Å². The van der Waals surface area contributed by atoms with Gasteiger partial charge in [-0.2, -0.15) is 0 Å². The minimum Gasteiger partial charge on any atom is -0.431 e. The molecule has 0 aromatic heterocycles.